The second kappa shape index (κ2) is 5.19. The fourth-order valence-corrected chi connectivity index (χ4v) is 1.44. The molecule has 4 heteroatoms. The first-order valence-corrected chi connectivity index (χ1v) is 4.78. The molecule has 0 saturated heterocycles. The van der Waals surface area contributed by atoms with Gasteiger partial charge in [-0.05, 0) is 25.5 Å². The third-order valence-corrected chi connectivity index (χ3v) is 2.36. The van der Waals surface area contributed by atoms with Crippen LogP contribution in [0.2, 0.25) is 0 Å². The largest absolute Gasteiger partial charge is 0.382 e. The molecule has 0 aliphatic carbocycles. The van der Waals surface area contributed by atoms with Crippen molar-refractivity contribution in [3.8, 4) is 0 Å². The zero-order valence-electron chi connectivity index (χ0n) is 8.84. The van der Waals surface area contributed by atoms with Crippen LogP contribution in [0.4, 0.5) is 8.78 Å². The predicted molar refractivity (Wildman–Crippen MR) is 54.4 cm³/mol. The summed E-state index contributed by atoms with van der Waals surface area (Å²) in [5.41, 5.74) is 5.64. The van der Waals surface area contributed by atoms with Gasteiger partial charge in [-0.1, -0.05) is 6.07 Å². The van der Waals surface area contributed by atoms with E-state index in [2.05, 4.69) is 0 Å². The number of rotatable bonds is 4. The van der Waals surface area contributed by atoms with Crippen LogP contribution in [0.1, 0.15) is 24.9 Å². The van der Waals surface area contributed by atoms with Gasteiger partial charge in [0, 0.05) is 18.7 Å². The Kier molecular flexibility index (Phi) is 4.17. The van der Waals surface area contributed by atoms with Crippen molar-refractivity contribution < 1.29 is 13.5 Å². The summed E-state index contributed by atoms with van der Waals surface area (Å²) in [5, 5.41) is 0. The second-order valence-electron chi connectivity index (χ2n) is 3.52. The Morgan fingerprint density at radius 2 is 1.87 bits per heavy atom. The van der Waals surface area contributed by atoms with Gasteiger partial charge in [-0.15, -0.1) is 0 Å². The Morgan fingerprint density at radius 1 is 1.33 bits per heavy atom. The number of benzene rings is 1. The highest BCUT2D eigenvalue weighted by Crippen LogP contribution is 2.22. The van der Waals surface area contributed by atoms with Gasteiger partial charge in [-0.2, -0.15) is 0 Å². The smallest absolute Gasteiger partial charge is 0.130 e. The van der Waals surface area contributed by atoms with Gasteiger partial charge in [0.05, 0.1) is 6.10 Å². The van der Waals surface area contributed by atoms with Crippen LogP contribution in [-0.4, -0.2) is 13.2 Å². The summed E-state index contributed by atoms with van der Waals surface area (Å²) in [6.07, 6.45) is 0.257. The Balaban J connectivity index is 2.86. The lowest BCUT2D eigenvalue weighted by molar-refractivity contribution is 0.104. The van der Waals surface area contributed by atoms with Gasteiger partial charge in [0.15, 0.2) is 0 Å². The van der Waals surface area contributed by atoms with E-state index in [9.17, 15) is 8.78 Å². The molecule has 0 amide bonds. The number of hydrogen-bond acceptors (Lipinski definition) is 2. The molecule has 2 N–H and O–H groups in total. The van der Waals surface area contributed by atoms with Crippen LogP contribution in [0.15, 0.2) is 18.2 Å². The molecule has 0 spiro atoms. The molecule has 1 rings (SSSR count). The maximum absolute atomic E-state index is 13.3. The Labute approximate surface area is 88.0 Å². The molecule has 0 aliphatic heterocycles. The fraction of sp³-hybridized carbons (Fsp3) is 0.455. The Bertz CT molecular complexity index is 310. The van der Waals surface area contributed by atoms with E-state index in [4.69, 9.17) is 10.5 Å². The fourth-order valence-electron chi connectivity index (χ4n) is 1.44. The van der Waals surface area contributed by atoms with E-state index in [1.165, 1.54) is 25.3 Å². The molecule has 0 heterocycles. The molecule has 0 saturated carbocycles. The van der Waals surface area contributed by atoms with Gasteiger partial charge in [0.2, 0.25) is 0 Å². The maximum atomic E-state index is 13.3. The zero-order chi connectivity index (χ0) is 11.4. The third-order valence-electron chi connectivity index (χ3n) is 2.36. The van der Waals surface area contributed by atoms with E-state index >= 15 is 0 Å². The minimum Gasteiger partial charge on any atom is -0.382 e. The van der Waals surface area contributed by atoms with E-state index in [1.54, 1.807) is 6.92 Å². The lowest BCUT2D eigenvalue weighted by Gasteiger charge is -2.17. The minimum atomic E-state index is -0.679. The van der Waals surface area contributed by atoms with Gasteiger partial charge in [-0.3, -0.25) is 0 Å². The van der Waals surface area contributed by atoms with E-state index in [0.717, 1.165) is 0 Å². The van der Waals surface area contributed by atoms with Crippen LogP contribution in [0.25, 0.3) is 0 Å². The van der Waals surface area contributed by atoms with Crippen molar-refractivity contribution in [2.24, 2.45) is 5.73 Å². The van der Waals surface area contributed by atoms with Crippen LogP contribution >= 0.6 is 0 Å². The second-order valence-corrected chi connectivity index (χ2v) is 3.52. The van der Waals surface area contributed by atoms with Crippen LogP contribution in [0.5, 0.6) is 0 Å². The van der Waals surface area contributed by atoms with Gasteiger partial charge >= 0.3 is 0 Å². The molecule has 1 aromatic carbocycles. The average Bonchev–Trinajstić information content (AvgIpc) is 2.17. The molecule has 84 valence electrons. The summed E-state index contributed by atoms with van der Waals surface area (Å²) in [6.45, 7) is 1.80. The molecule has 2 atom stereocenters. The summed E-state index contributed by atoms with van der Waals surface area (Å²) < 4.78 is 31.6. The highest BCUT2D eigenvalue weighted by atomic mass is 19.1. The summed E-state index contributed by atoms with van der Waals surface area (Å²) in [7, 11) is 1.54. The van der Waals surface area contributed by atoms with E-state index in [0.29, 0.717) is 6.42 Å². The molecular formula is C11H15F2NO. The summed E-state index contributed by atoms with van der Waals surface area (Å²) in [4.78, 5) is 0. The molecule has 15 heavy (non-hydrogen) atoms. The van der Waals surface area contributed by atoms with Crippen LogP contribution in [-0.2, 0) is 4.74 Å². The topological polar surface area (TPSA) is 35.2 Å². The van der Waals surface area contributed by atoms with Crippen molar-refractivity contribution >= 4 is 0 Å². The van der Waals surface area contributed by atoms with E-state index < -0.39 is 17.7 Å². The summed E-state index contributed by atoms with van der Waals surface area (Å²) in [5.74, 6) is -1.21. The molecule has 0 radical (unpaired) electrons. The monoisotopic (exact) mass is 215 g/mol. The first-order valence-electron chi connectivity index (χ1n) is 4.78. The normalized spacial score (nSPS) is 15.0. The van der Waals surface area contributed by atoms with Crippen molar-refractivity contribution in [3.05, 3.63) is 35.4 Å². The number of halogens is 2. The van der Waals surface area contributed by atoms with Crippen LogP contribution in [0, 0.1) is 11.6 Å². The SMILES string of the molecule is COC(C)CC(N)c1c(F)cccc1F. The van der Waals surface area contributed by atoms with Crippen molar-refractivity contribution in [1.82, 2.24) is 0 Å². The third kappa shape index (κ3) is 2.97. The van der Waals surface area contributed by atoms with Gasteiger partial charge < -0.3 is 10.5 Å². The van der Waals surface area contributed by atoms with Gasteiger partial charge in [0.1, 0.15) is 11.6 Å². The highest BCUT2D eigenvalue weighted by molar-refractivity contribution is 5.23. The van der Waals surface area contributed by atoms with Crippen molar-refractivity contribution in [2.45, 2.75) is 25.5 Å². The minimum absolute atomic E-state index is 0.0681. The molecule has 2 nitrogen and oxygen atoms in total. The zero-order valence-corrected chi connectivity index (χ0v) is 8.84. The van der Waals surface area contributed by atoms with Gasteiger partial charge in [0.25, 0.3) is 0 Å². The molecule has 2 unspecified atom stereocenters. The molecule has 0 bridgehead atoms. The number of methoxy groups -OCH3 is 1. The van der Waals surface area contributed by atoms with Crippen LogP contribution < -0.4 is 5.73 Å². The van der Waals surface area contributed by atoms with Gasteiger partial charge in [-0.25, -0.2) is 8.78 Å². The van der Waals surface area contributed by atoms with Crippen molar-refractivity contribution in [3.63, 3.8) is 0 Å². The molecule has 0 aromatic heterocycles. The molecule has 0 fully saturated rings. The highest BCUT2D eigenvalue weighted by Gasteiger charge is 2.18. The van der Waals surface area contributed by atoms with E-state index in [-0.39, 0.29) is 11.7 Å². The first-order chi connectivity index (χ1) is 7.06. The van der Waals surface area contributed by atoms with Crippen LogP contribution in [0.3, 0.4) is 0 Å². The maximum Gasteiger partial charge on any atom is 0.130 e. The Hall–Kier alpha value is -1.00. The molecule has 1 aromatic rings. The number of hydrogen-bond donors (Lipinski definition) is 1. The quantitative estimate of drug-likeness (QED) is 0.837. The molecule has 0 aliphatic rings. The summed E-state index contributed by atoms with van der Waals surface area (Å²) >= 11 is 0. The lowest BCUT2D eigenvalue weighted by Crippen LogP contribution is -2.20. The number of nitrogens with two attached hydrogens (primary N) is 1. The summed E-state index contributed by atoms with van der Waals surface area (Å²) in [6, 6.07) is 3.05. The standard InChI is InChI=1S/C11H15F2NO/c1-7(15-2)6-10(14)11-8(12)4-3-5-9(11)13/h3-5,7,10H,6,14H2,1-2H3. The predicted octanol–water partition coefficient (Wildman–Crippen LogP) is 2.39. The number of ether oxygens (including phenoxy) is 1. The molecular weight excluding hydrogens is 200 g/mol. The average molecular weight is 215 g/mol. The van der Waals surface area contributed by atoms with Crippen molar-refractivity contribution in [1.29, 1.82) is 0 Å². The van der Waals surface area contributed by atoms with E-state index in [1.807, 2.05) is 0 Å². The lowest BCUT2D eigenvalue weighted by atomic mass is 10.0. The Morgan fingerprint density at radius 3 is 2.33 bits per heavy atom. The van der Waals surface area contributed by atoms with Crippen molar-refractivity contribution in [2.75, 3.05) is 7.11 Å². The first kappa shape index (κ1) is 12.1.